The smallest absolute Gasteiger partial charge is 0.336 e. The number of hydrogen-bond donors (Lipinski definition) is 1. The van der Waals surface area contributed by atoms with Gasteiger partial charge in [0.25, 0.3) is 0 Å². The Kier molecular flexibility index (Phi) is 2.70. The van der Waals surface area contributed by atoms with Crippen molar-refractivity contribution < 1.29 is 9.90 Å². The van der Waals surface area contributed by atoms with Crippen LogP contribution in [0.25, 0.3) is 5.69 Å². The molecule has 0 bridgehead atoms. The molecule has 5 nitrogen and oxygen atoms in total. The number of tetrazole rings is 1. The van der Waals surface area contributed by atoms with Crippen molar-refractivity contribution in [2.45, 2.75) is 20.0 Å². The summed E-state index contributed by atoms with van der Waals surface area (Å²) in [7, 11) is 1.79. The lowest BCUT2D eigenvalue weighted by molar-refractivity contribution is -0.801. The number of hydrogen-bond acceptors (Lipinski definition) is 3. The Labute approximate surface area is 93.9 Å². The van der Waals surface area contributed by atoms with Crippen molar-refractivity contribution >= 4 is 0 Å². The predicted molar refractivity (Wildman–Crippen MR) is 57.9 cm³/mol. The minimum Gasteiger partial charge on any atom is -0.383 e. The lowest BCUT2D eigenvalue weighted by atomic mass is 10.2. The summed E-state index contributed by atoms with van der Waals surface area (Å²) in [4.78, 5) is 3.27. The van der Waals surface area contributed by atoms with Crippen LogP contribution in [0.3, 0.4) is 0 Å². The molecule has 0 aliphatic heterocycles. The van der Waals surface area contributed by atoms with Gasteiger partial charge in [0.05, 0.1) is 5.10 Å². The Balaban J connectivity index is 2.48. The third-order valence-corrected chi connectivity index (χ3v) is 2.32. The predicted octanol–water partition coefficient (Wildman–Crippen LogP) is 0.454. The molecule has 0 fully saturated rings. The molecule has 84 valence electrons. The first kappa shape index (κ1) is 10.8. The summed E-state index contributed by atoms with van der Waals surface area (Å²) in [5.74, 6) is 0.420. The van der Waals surface area contributed by atoms with Gasteiger partial charge >= 0.3 is 5.82 Å². The monoisotopic (exact) mass is 219 g/mol. The normalized spacial score (nSPS) is 12.8. The molecule has 1 heterocycles. The van der Waals surface area contributed by atoms with E-state index in [-0.39, 0.29) is 0 Å². The molecular formula is C11H15N4O+. The number of rotatable bonds is 2. The number of nitrogens with zero attached hydrogens (tertiary/aromatic N) is 4. The zero-order chi connectivity index (χ0) is 11.7. The van der Waals surface area contributed by atoms with Crippen molar-refractivity contribution in [1.29, 1.82) is 0 Å². The Morgan fingerprint density at radius 3 is 2.75 bits per heavy atom. The van der Waals surface area contributed by atoms with Crippen molar-refractivity contribution in [1.82, 2.24) is 15.0 Å². The minimum absolute atomic E-state index is 0.420. The van der Waals surface area contributed by atoms with E-state index in [4.69, 9.17) is 0 Å². The highest BCUT2D eigenvalue weighted by atomic mass is 16.3. The second kappa shape index (κ2) is 4.02. The van der Waals surface area contributed by atoms with E-state index in [0.29, 0.717) is 5.82 Å². The molecule has 0 saturated carbocycles. The topological polar surface area (TPSA) is 54.8 Å². The maximum atomic E-state index is 9.41. The molecule has 1 aromatic heterocycles. The summed E-state index contributed by atoms with van der Waals surface area (Å²) >= 11 is 0. The van der Waals surface area contributed by atoms with Gasteiger partial charge in [-0.2, -0.15) is 0 Å². The van der Waals surface area contributed by atoms with E-state index in [1.165, 1.54) is 0 Å². The maximum Gasteiger partial charge on any atom is 0.336 e. The summed E-state index contributed by atoms with van der Waals surface area (Å²) in [5.41, 5.74) is 2.09. The van der Waals surface area contributed by atoms with Crippen LogP contribution >= 0.6 is 0 Å². The highest BCUT2D eigenvalue weighted by Crippen LogP contribution is 2.08. The van der Waals surface area contributed by atoms with Gasteiger partial charge in [0.1, 0.15) is 18.8 Å². The Bertz CT molecular complexity index is 504. The Morgan fingerprint density at radius 2 is 2.19 bits per heavy atom. The second-order valence-electron chi connectivity index (χ2n) is 3.85. The summed E-state index contributed by atoms with van der Waals surface area (Å²) in [5, 5.41) is 17.8. The first-order valence-electron chi connectivity index (χ1n) is 5.16. The quantitative estimate of drug-likeness (QED) is 0.746. The van der Waals surface area contributed by atoms with Crippen LogP contribution in [-0.2, 0) is 7.05 Å². The third kappa shape index (κ3) is 1.94. The molecule has 0 aliphatic rings. The number of aryl methyl sites for hydroxylation is 2. The van der Waals surface area contributed by atoms with Gasteiger partial charge in [0.2, 0.25) is 0 Å². The van der Waals surface area contributed by atoms with Crippen molar-refractivity contribution in [3.05, 3.63) is 35.7 Å². The van der Waals surface area contributed by atoms with E-state index >= 15 is 0 Å². The highest BCUT2D eigenvalue weighted by molar-refractivity contribution is 5.32. The number of benzene rings is 1. The lowest BCUT2D eigenvalue weighted by Gasteiger charge is -1.96. The van der Waals surface area contributed by atoms with E-state index in [1.54, 1.807) is 23.6 Å². The summed E-state index contributed by atoms with van der Waals surface area (Å²) in [6, 6.07) is 7.96. The van der Waals surface area contributed by atoms with Gasteiger partial charge in [0.15, 0.2) is 0 Å². The van der Waals surface area contributed by atoms with Crippen LogP contribution in [0.1, 0.15) is 24.4 Å². The Hall–Kier alpha value is -1.75. The van der Waals surface area contributed by atoms with Gasteiger partial charge in [-0.15, -0.1) is 0 Å². The summed E-state index contributed by atoms with van der Waals surface area (Å²) in [6.45, 7) is 3.67. The molecule has 1 aromatic carbocycles. The van der Waals surface area contributed by atoms with Gasteiger partial charge in [-0.25, -0.2) is 0 Å². The van der Waals surface area contributed by atoms with Crippen molar-refractivity contribution in [2.75, 3.05) is 0 Å². The van der Waals surface area contributed by atoms with Gasteiger partial charge in [-0.1, -0.05) is 16.9 Å². The van der Waals surface area contributed by atoms with Crippen molar-refractivity contribution in [2.24, 2.45) is 7.05 Å². The molecule has 1 unspecified atom stereocenters. The molecular weight excluding hydrogens is 204 g/mol. The first-order chi connectivity index (χ1) is 7.58. The Morgan fingerprint density at radius 1 is 1.44 bits per heavy atom. The minimum atomic E-state index is -0.655. The average Bonchev–Trinajstić information content (AvgIpc) is 2.60. The molecule has 1 N–H and O–H groups in total. The fourth-order valence-corrected chi connectivity index (χ4v) is 1.52. The number of aliphatic hydroxyl groups excluding tert-OH is 1. The van der Waals surface area contributed by atoms with E-state index < -0.39 is 6.10 Å². The molecule has 0 amide bonds. The van der Waals surface area contributed by atoms with Crippen LogP contribution in [0, 0.1) is 6.92 Å². The van der Waals surface area contributed by atoms with E-state index in [2.05, 4.69) is 10.2 Å². The second-order valence-corrected chi connectivity index (χ2v) is 3.85. The van der Waals surface area contributed by atoms with Crippen LogP contribution in [0.15, 0.2) is 24.3 Å². The lowest BCUT2D eigenvalue weighted by Crippen LogP contribution is -2.41. The third-order valence-electron chi connectivity index (χ3n) is 2.32. The molecule has 2 aromatic rings. The summed E-state index contributed by atoms with van der Waals surface area (Å²) < 4.78 is 0. The average molecular weight is 219 g/mol. The largest absolute Gasteiger partial charge is 0.383 e. The van der Waals surface area contributed by atoms with Gasteiger partial charge in [-0.3, -0.25) is 0 Å². The molecule has 16 heavy (non-hydrogen) atoms. The van der Waals surface area contributed by atoms with E-state index in [9.17, 15) is 5.11 Å². The molecule has 0 saturated heterocycles. The molecule has 0 radical (unpaired) electrons. The van der Waals surface area contributed by atoms with Gasteiger partial charge < -0.3 is 5.11 Å². The van der Waals surface area contributed by atoms with Crippen LogP contribution in [0.4, 0.5) is 0 Å². The SMILES string of the molecule is Cc1cccc(-n2nc(C(C)O)n[n+]2C)c1. The maximum absolute atomic E-state index is 9.41. The van der Waals surface area contributed by atoms with Gasteiger partial charge in [0, 0.05) is 4.80 Å². The molecule has 1 atom stereocenters. The fraction of sp³-hybridized carbons (Fsp3) is 0.364. The van der Waals surface area contributed by atoms with Crippen LogP contribution in [0.2, 0.25) is 0 Å². The standard InChI is InChI=1S/C11H15N4O/c1-8-5-4-6-10(7-8)15-13-11(9(2)16)12-14(15)3/h4-7,9,16H,1-3H3/q+1. The van der Waals surface area contributed by atoms with Gasteiger partial charge in [-0.05, 0) is 36.6 Å². The zero-order valence-electron chi connectivity index (χ0n) is 9.62. The molecule has 0 spiro atoms. The van der Waals surface area contributed by atoms with Crippen LogP contribution < -0.4 is 4.80 Å². The fourth-order valence-electron chi connectivity index (χ4n) is 1.52. The zero-order valence-corrected chi connectivity index (χ0v) is 9.62. The molecule has 5 heteroatoms. The highest BCUT2D eigenvalue weighted by Gasteiger charge is 2.20. The van der Waals surface area contributed by atoms with E-state index in [1.807, 2.05) is 31.2 Å². The molecule has 2 rings (SSSR count). The molecule has 0 aliphatic carbocycles. The summed E-state index contributed by atoms with van der Waals surface area (Å²) in [6.07, 6.45) is -0.655. The van der Waals surface area contributed by atoms with Crippen molar-refractivity contribution in [3.63, 3.8) is 0 Å². The van der Waals surface area contributed by atoms with Crippen molar-refractivity contribution in [3.8, 4) is 5.69 Å². The first-order valence-corrected chi connectivity index (χ1v) is 5.16. The van der Waals surface area contributed by atoms with Crippen LogP contribution in [0.5, 0.6) is 0 Å². The van der Waals surface area contributed by atoms with Crippen LogP contribution in [-0.4, -0.2) is 20.1 Å². The number of aromatic nitrogens is 4. The number of aliphatic hydroxyl groups is 1. The van der Waals surface area contributed by atoms with E-state index in [0.717, 1.165) is 11.3 Å².